The molecule has 0 amide bonds. The Bertz CT molecular complexity index is 1410. The molecule has 0 bridgehead atoms. The van der Waals surface area contributed by atoms with Gasteiger partial charge in [-0.25, -0.2) is 4.79 Å². The maximum atomic E-state index is 11.6. The largest absolute Gasteiger partial charge is 0.478 e. The monoisotopic (exact) mass is 482 g/mol. The molecule has 35 heavy (non-hydrogen) atoms. The standard InChI is InChI=1S/C28H26N4O2S/c1-17-10-12-21(13-11-17)32-26(25(30-28(32)35)24-9-4-5-14-29-24)23-15-18(2)31(19(23)3)22-8-6-7-20(16-22)27(33)34/h4-16,25-26H,1-3H3,(H,30,35)(H,33,34)/t25-,26+/m0/s1. The van der Waals surface area contributed by atoms with Gasteiger partial charge in [0.1, 0.15) is 0 Å². The Morgan fingerprint density at radius 2 is 1.74 bits per heavy atom. The van der Waals surface area contributed by atoms with Crippen molar-refractivity contribution < 1.29 is 9.90 Å². The fraction of sp³-hybridized carbons (Fsp3) is 0.179. The average molecular weight is 483 g/mol. The molecule has 0 unspecified atom stereocenters. The molecule has 7 heteroatoms. The smallest absolute Gasteiger partial charge is 0.335 e. The highest BCUT2D eigenvalue weighted by atomic mass is 32.1. The number of anilines is 1. The van der Waals surface area contributed by atoms with Gasteiger partial charge in [-0.1, -0.05) is 29.8 Å². The summed E-state index contributed by atoms with van der Waals surface area (Å²) in [5.41, 5.74) is 7.32. The summed E-state index contributed by atoms with van der Waals surface area (Å²) in [5, 5.41) is 13.7. The normalized spacial score (nSPS) is 17.5. The predicted octanol–water partition coefficient (Wildman–Crippen LogP) is 5.67. The number of aromatic nitrogens is 2. The lowest BCUT2D eigenvalue weighted by atomic mass is 9.96. The molecule has 2 aromatic carbocycles. The van der Waals surface area contributed by atoms with Crippen molar-refractivity contribution in [3.05, 3.63) is 113 Å². The number of nitrogens with one attached hydrogen (secondary N) is 1. The second-order valence-electron chi connectivity index (χ2n) is 8.85. The SMILES string of the molecule is Cc1ccc(N2C(=S)N[C@@H](c3ccccn3)[C@H]2c2cc(C)n(-c3cccc(C(=O)O)c3)c2C)cc1. The third kappa shape index (κ3) is 4.08. The first kappa shape index (κ1) is 22.8. The molecule has 0 radical (unpaired) electrons. The molecule has 5 rings (SSSR count). The van der Waals surface area contributed by atoms with E-state index in [2.05, 4.69) is 63.9 Å². The number of aromatic carboxylic acids is 1. The lowest BCUT2D eigenvalue weighted by Crippen LogP contribution is -2.29. The number of carboxylic acid groups (broad SMARTS) is 1. The van der Waals surface area contributed by atoms with Crippen molar-refractivity contribution in [1.82, 2.24) is 14.9 Å². The first-order valence-electron chi connectivity index (χ1n) is 11.4. The number of benzene rings is 2. The summed E-state index contributed by atoms with van der Waals surface area (Å²) in [6.45, 7) is 6.17. The quantitative estimate of drug-likeness (QED) is 0.357. The zero-order valence-electron chi connectivity index (χ0n) is 19.8. The maximum Gasteiger partial charge on any atom is 0.335 e. The van der Waals surface area contributed by atoms with Gasteiger partial charge < -0.3 is 19.9 Å². The van der Waals surface area contributed by atoms with E-state index in [0.29, 0.717) is 5.11 Å². The Hall–Kier alpha value is -3.97. The van der Waals surface area contributed by atoms with Crippen LogP contribution in [0.2, 0.25) is 0 Å². The predicted molar refractivity (Wildman–Crippen MR) is 141 cm³/mol. The molecule has 0 saturated carbocycles. The van der Waals surface area contributed by atoms with Gasteiger partial charge in [0.25, 0.3) is 0 Å². The third-order valence-electron chi connectivity index (χ3n) is 6.55. The zero-order valence-corrected chi connectivity index (χ0v) is 20.6. The van der Waals surface area contributed by atoms with Gasteiger partial charge in [-0.15, -0.1) is 0 Å². The Morgan fingerprint density at radius 1 is 0.971 bits per heavy atom. The summed E-state index contributed by atoms with van der Waals surface area (Å²) < 4.78 is 2.10. The van der Waals surface area contributed by atoms with Gasteiger partial charge in [0, 0.05) is 29.0 Å². The first-order chi connectivity index (χ1) is 16.8. The second kappa shape index (κ2) is 9.00. The minimum atomic E-state index is -0.944. The van der Waals surface area contributed by atoms with E-state index < -0.39 is 5.97 Å². The number of pyridine rings is 1. The van der Waals surface area contributed by atoms with Crippen molar-refractivity contribution in [2.24, 2.45) is 0 Å². The number of hydrogen-bond donors (Lipinski definition) is 2. The summed E-state index contributed by atoms with van der Waals surface area (Å²) in [6, 6.07) is 23.2. The number of rotatable bonds is 5. The van der Waals surface area contributed by atoms with Gasteiger partial charge in [0.2, 0.25) is 0 Å². The molecule has 4 aromatic rings. The maximum absolute atomic E-state index is 11.6. The number of carboxylic acids is 1. The highest BCUT2D eigenvalue weighted by Crippen LogP contribution is 2.43. The van der Waals surface area contributed by atoms with Crippen LogP contribution in [-0.4, -0.2) is 25.7 Å². The average Bonchev–Trinajstić information content (AvgIpc) is 3.35. The molecule has 176 valence electrons. The van der Waals surface area contributed by atoms with Crippen LogP contribution in [0.15, 0.2) is 79.0 Å². The molecule has 2 atom stereocenters. The summed E-state index contributed by atoms with van der Waals surface area (Å²) in [7, 11) is 0. The number of hydrogen-bond acceptors (Lipinski definition) is 3. The lowest BCUT2D eigenvalue weighted by molar-refractivity contribution is 0.0697. The first-order valence-corrected chi connectivity index (χ1v) is 11.9. The van der Waals surface area contributed by atoms with E-state index in [1.807, 2.05) is 31.2 Å². The fourth-order valence-corrected chi connectivity index (χ4v) is 5.26. The van der Waals surface area contributed by atoms with E-state index >= 15 is 0 Å². The highest BCUT2D eigenvalue weighted by Gasteiger charge is 2.42. The van der Waals surface area contributed by atoms with Crippen molar-refractivity contribution in [2.75, 3.05) is 4.90 Å². The molecule has 3 heterocycles. The zero-order chi connectivity index (χ0) is 24.7. The summed E-state index contributed by atoms with van der Waals surface area (Å²) >= 11 is 5.85. The molecule has 1 saturated heterocycles. The minimum absolute atomic E-state index is 0.136. The van der Waals surface area contributed by atoms with Crippen molar-refractivity contribution in [3.63, 3.8) is 0 Å². The number of thiocarbonyl (C=S) groups is 1. The van der Waals surface area contributed by atoms with Crippen molar-refractivity contribution in [1.29, 1.82) is 0 Å². The van der Waals surface area contributed by atoms with Gasteiger partial charge in [-0.3, -0.25) is 4.98 Å². The van der Waals surface area contributed by atoms with E-state index in [0.717, 1.165) is 34.0 Å². The van der Waals surface area contributed by atoms with Gasteiger partial charge in [-0.05, 0) is 87.1 Å². The topological polar surface area (TPSA) is 70.4 Å². The third-order valence-corrected chi connectivity index (χ3v) is 6.87. The van der Waals surface area contributed by atoms with Crippen LogP contribution in [0.1, 0.15) is 50.7 Å². The van der Waals surface area contributed by atoms with Crippen molar-refractivity contribution in [3.8, 4) is 5.69 Å². The number of nitrogens with zero attached hydrogens (tertiary/aromatic N) is 3. The van der Waals surface area contributed by atoms with Crippen LogP contribution in [0, 0.1) is 20.8 Å². The van der Waals surface area contributed by atoms with Crippen LogP contribution in [0.5, 0.6) is 0 Å². The van der Waals surface area contributed by atoms with E-state index in [1.165, 1.54) is 5.56 Å². The van der Waals surface area contributed by atoms with Crippen LogP contribution < -0.4 is 10.2 Å². The van der Waals surface area contributed by atoms with E-state index in [-0.39, 0.29) is 17.6 Å². The summed E-state index contributed by atoms with van der Waals surface area (Å²) in [5.74, 6) is -0.944. The van der Waals surface area contributed by atoms with E-state index in [4.69, 9.17) is 12.2 Å². The molecule has 1 fully saturated rings. The number of aryl methyl sites for hydroxylation is 2. The Kier molecular flexibility index (Phi) is 5.86. The second-order valence-corrected chi connectivity index (χ2v) is 9.24. The van der Waals surface area contributed by atoms with Crippen molar-refractivity contribution >= 4 is 29.0 Å². The molecule has 1 aliphatic heterocycles. The summed E-state index contributed by atoms with van der Waals surface area (Å²) in [4.78, 5) is 18.4. The van der Waals surface area contributed by atoms with Crippen LogP contribution in [0.4, 0.5) is 5.69 Å². The van der Waals surface area contributed by atoms with E-state index in [1.54, 1.807) is 24.4 Å². The molecule has 0 spiro atoms. The minimum Gasteiger partial charge on any atom is -0.478 e. The van der Waals surface area contributed by atoms with Crippen LogP contribution >= 0.6 is 12.2 Å². The van der Waals surface area contributed by atoms with Crippen LogP contribution in [0.25, 0.3) is 5.69 Å². The van der Waals surface area contributed by atoms with Gasteiger partial charge in [0.15, 0.2) is 5.11 Å². The van der Waals surface area contributed by atoms with E-state index in [9.17, 15) is 9.90 Å². The molecular weight excluding hydrogens is 456 g/mol. The lowest BCUT2D eigenvalue weighted by Gasteiger charge is -2.28. The van der Waals surface area contributed by atoms with Crippen LogP contribution in [-0.2, 0) is 0 Å². The summed E-state index contributed by atoms with van der Waals surface area (Å²) in [6.07, 6.45) is 1.80. The Balaban J connectivity index is 1.67. The van der Waals surface area contributed by atoms with Gasteiger partial charge in [0.05, 0.1) is 23.3 Å². The van der Waals surface area contributed by atoms with Gasteiger partial charge >= 0.3 is 5.97 Å². The number of carbonyl (C=O) groups is 1. The molecule has 0 aliphatic carbocycles. The highest BCUT2D eigenvalue weighted by molar-refractivity contribution is 7.80. The fourth-order valence-electron chi connectivity index (χ4n) is 4.92. The van der Waals surface area contributed by atoms with Crippen LogP contribution in [0.3, 0.4) is 0 Å². The molecular formula is C28H26N4O2S. The molecule has 6 nitrogen and oxygen atoms in total. The Labute approximate surface area is 209 Å². The Morgan fingerprint density at radius 3 is 2.43 bits per heavy atom. The molecule has 1 aliphatic rings. The molecule has 2 aromatic heterocycles. The van der Waals surface area contributed by atoms with Crippen molar-refractivity contribution in [2.45, 2.75) is 32.9 Å². The molecule has 2 N–H and O–H groups in total. The van der Waals surface area contributed by atoms with Gasteiger partial charge in [-0.2, -0.15) is 0 Å².